The molecule has 21 heavy (non-hydrogen) atoms. The van der Waals surface area contributed by atoms with Gasteiger partial charge >= 0.3 is 7.82 Å². The predicted molar refractivity (Wildman–Crippen MR) is 80.3 cm³/mol. The van der Waals surface area contributed by atoms with Crippen molar-refractivity contribution in [3.63, 3.8) is 0 Å². The van der Waals surface area contributed by atoms with E-state index in [2.05, 4.69) is 16.9 Å². The average Bonchev–Trinajstić information content (AvgIpc) is 2.97. The second kappa shape index (κ2) is 5.46. The summed E-state index contributed by atoms with van der Waals surface area (Å²) >= 11 is 0. The van der Waals surface area contributed by atoms with Gasteiger partial charge in [0, 0.05) is 23.1 Å². The van der Waals surface area contributed by atoms with Crippen LogP contribution in [-0.4, -0.2) is 39.3 Å². The molecule has 1 saturated heterocycles. The number of likely N-dealkylation sites (N-methyl/N-ethyl adjacent to an activating group) is 1. The maximum Gasteiger partial charge on any atom is 0.524 e. The number of H-pyrrole nitrogens is 1. The number of benzene rings is 1. The highest BCUT2D eigenvalue weighted by atomic mass is 31.2. The number of aromatic amines is 1. The van der Waals surface area contributed by atoms with Gasteiger partial charge in [-0.1, -0.05) is 6.07 Å². The van der Waals surface area contributed by atoms with Crippen LogP contribution in [0.5, 0.6) is 5.75 Å². The number of phosphoric acid groups is 1. The van der Waals surface area contributed by atoms with E-state index in [9.17, 15) is 4.57 Å². The van der Waals surface area contributed by atoms with Crippen LogP contribution in [0.25, 0.3) is 10.9 Å². The zero-order valence-corrected chi connectivity index (χ0v) is 12.7. The molecule has 7 heteroatoms. The third-order valence-corrected chi connectivity index (χ3v) is 4.53. The van der Waals surface area contributed by atoms with E-state index in [1.165, 1.54) is 6.42 Å². The van der Waals surface area contributed by atoms with Crippen molar-refractivity contribution >= 4 is 18.7 Å². The van der Waals surface area contributed by atoms with E-state index < -0.39 is 7.82 Å². The molecule has 0 aliphatic carbocycles. The molecule has 0 radical (unpaired) electrons. The summed E-state index contributed by atoms with van der Waals surface area (Å²) in [6, 6.07) is 5.66. The number of likely N-dealkylation sites (tertiary alicyclic amines) is 1. The van der Waals surface area contributed by atoms with Crippen molar-refractivity contribution in [1.82, 2.24) is 9.88 Å². The van der Waals surface area contributed by atoms with E-state index in [0.29, 0.717) is 6.04 Å². The smallest absolute Gasteiger partial charge is 0.404 e. The summed E-state index contributed by atoms with van der Waals surface area (Å²) in [5.74, 6) is 0.234. The molecule has 0 saturated carbocycles. The number of phosphoric ester groups is 1. The minimum atomic E-state index is -4.56. The normalized spacial score (nSPS) is 20.2. The number of rotatable bonds is 4. The molecule has 1 aromatic heterocycles. The standard InChI is InChI=1S/C14H19N2O4P/c1-16-7-3-4-11(16)8-10-9-15-12-5-2-6-13(14(10)12)20-21(17,18)19/h2,5-6,9,11,15H,3-4,7-8H2,1H3,(H2,17,18,19)/t11-/m0/s1. The molecule has 114 valence electrons. The Bertz CT molecular complexity index is 693. The molecule has 3 rings (SSSR count). The topological polar surface area (TPSA) is 85.8 Å². The minimum absolute atomic E-state index is 0.234. The van der Waals surface area contributed by atoms with Gasteiger partial charge in [-0.05, 0) is 50.6 Å². The van der Waals surface area contributed by atoms with Crippen molar-refractivity contribution in [2.45, 2.75) is 25.3 Å². The lowest BCUT2D eigenvalue weighted by molar-refractivity contribution is 0.284. The van der Waals surface area contributed by atoms with Crippen molar-refractivity contribution in [1.29, 1.82) is 0 Å². The zero-order valence-electron chi connectivity index (χ0n) is 11.8. The van der Waals surface area contributed by atoms with Crippen LogP contribution in [0.1, 0.15) is 18.4 Å². The Labute approximate surface area is 123 Å². The second-order valence-corrected chi connectivity index (χ2v) is 6.72. The first-order chi connectivity index (χ1) is 9.94. The molecule has 1 atom stereocenters. The first-order valence-corrected chi connectivity index (χ1v) is 8.51. The lowest BCUT2D eigenvalue weighted by Crippen LogP contribution is -2.26. The Balaban J connectivity index is 1.97. The molecule has 1 aliphatic heterocycles. The third-order valence-electron chi connectivity index (χ3n) is 4.09. The van der Waals surface area contributed by atoms with Gasteiger partial charge in [-0.2, -0.15) is 0 Å². The minimum Gasteiger partial charge on any atom is -0.404 e. The van der Waals surface area contributed by atoms with Gasteiger partial charge in [-0.25, -0.2) is 4.57 Å². The molecule has 2 heterocycles. The van der Waals surface area contributed by atoms with Crippen LogP contribution in [-0.2, 0) is 11.0 Å². The van der Waals surface area contributed by atoms with Crippen LogP contribution >= 0.6 is 7.82 Å². The van der Waals surface area contributed by atoms with Gasteiger partial charge in [0.1, 0.15) is 5.75 Å². The molecule has 2 aromatic rings. The van der Waals surface area contributed by atoms with E-state index in [1.807, 2.05) is 12.3 Å². The highest BCUT2D eigenvalue weighted by Crippen LogP contribution is 2.42. The van der Waals surface area contributed by atoms with Crippen LogP contribution < -0.4 is 4.52 Å². The Morgan fingerprint density at radius 3 is 2.95 bits per heavy atom. The maximum absolute atomic E-state index is 11.1. The van der Waals surface area contributed by atoms with Crippen molar-refractivity contribution < 1.29 is 18.9 Å². The van der Waals surface area contributed by atoms with E-state index in [0.717, 1.165) is 35.9 Å². The lowest BCUT2D eigenvalue weighted by atomic mass is 10.0. The van der Waals surface area contributed by atoms with E-state index in [4.69, 9.17) is 14.3 Å². The fourth-order valence-corrected chi connectivity index (χ4v) is 3.48. The molecule has 0 unspecified atom stereocenters. The highest BCUT2D eigenvalue weighted by Gasteiger charge is 2.24. The maximum atomic E-state index is 11.1. The zero-order chi connectivity index (χ0) is 15.0. The van der Waals surface area contributed by atoms with Crippen molar-refractivity contribution in [2.24, 2.45) is 0 Å². The van der Waals surface area contributed by atoms with Gasteiger partial charge in [0.05, 0.1) is 0 Å². The fourth-order valence-electron chi connectivity index (χ4n) is 3.08. The highest BCUT2D eigenvalue weighted by molar-refractivity contribution is 7.46. The molecule has 0 spiro atoms. The van der Waals surface area contributed by atoms with Crippen molar-refractivity contribution in [3.8, 4) is 5.75 Å². The Kier molecular flexibility index (Phi) is 3.80. The number of nitrogens with one attached hydrogen (secondary N) is 1. The Morgan fingerprint density at radius 2 is 2.29 bits per heavy atom. The van der Waals surface area contributed by atoms with Gasteiger partial charge in [-0.15, -0.1) is 0 Å². The Morgan fingerprint density at radius 1 is 1.48 bits per heavy atom. The summed E-state index contributed by atoms with van der Waals surface area (Å²) in [6.45, 7) is 1.10. The number of aromatic nitrogens is 1. The fraction of sp³-hybridized carbons (Fsp3) is 0.429. The van der Waals surface area contributed by atoms with Crippen molar-refractivity contribution in [2.75, 3.05) is 13.6 Å². The summed E-state index contributed by atoms with van der Waals surface area (Å²) in [6.07, 6.45) is 5.08. The lowest BCUT2D eigenvalue weighted by Gasteiger charge is -2.19. The van der Waals surface area contributed by atoms with Gasteiger partial charge in [0.15, 0.2) is 0 Å². The van der Waals surface area contributed by atoms with Gasteiger partial charge < -0.3 is 14.4 Å². The van der Waals surface area contributed by atoms with Crippen LogP contribution in [0.3, 0.4) is 0 Å². The molecule has 0 bridgehead atoms. The van der Waals surface area contributed by atoms with Gasteiger partial charge in [0.25, 0.3) is 0 Å². The quantitative estimate of drug-likeness (QED) is 0.754. The summed E-state index contributed by atoms with van der Waals surface area (Å²) in [5, 5.41) is 0.765. The molecular formula is C14H19N2O4P. The van der Waals surface area contributed by atoms with Crippen LogP contribution in [0.2, 0.25) is 0 Å². The van der Waals surface area contributed by atoms with E-state index in [-0.39, 0.29) is 5.75 Å². The molecular weight excluding hydrogens is 291 g/mol. The molecule has 1 aromatic carbocycles. The summed E-state index contributed by atoms with van der Waals surface area (Å²) < 4.78 is 16.0. The van der Waals surface area contributed by atoms with Gasteiger partial charge in [0.2, 0.25) is 0 Å². The number of fused-ring (bicyclic) bond motifs is 1. The van der Waals surface area contributed by atoms with Gasteiger partial charge in [-0.3, -0.25) is 9.79 Å². The Hall–Kier alpha value is -1.33. The summed E-state index contributed by atoms with van der Waals surface area (Å²) in [7, 11) is -2.45. The first-order valence-electron chi connectivity index (χ1n) is 6.98. The number of hydrogen-bond acceptors (Lipinski definition) is 3. The van der Waals surface area contributed by atoms with E-state index >= 15 is 0 Å². The molecule has 1 aliphatic rings. The molecule has 6 nitrogen and oxygen atoms in total. The summed E-state index contributed by atoms with van der Waals surface area (Å²) in [4.78, 5) is 23.6. The average molecular weight is 310 g/mol. The second-order valence-electron chi connectivity index (χ2n) is 5.56. The summed E-state index contributed by atoms with van der Waals surface area (Å²) in [5.41, 5.74) is 1.87. The number of hydrogen-bond donors (Lipinski definition) is 3. The predicted octanol–water partition coefficient (Wildman–Crippen LogP) is 2.28. The van der Waals surface area contributed by atoms with E-state index in [1.54, 1.807) is 12.1 Å². The molecule has 0 amide bonds. The van der Waals surface area contributed by atoms with Crippen LogP contribution in [0.4, 0.5) is 0 Å². The molecule has 1 fully saturated rings. The molecule has 3 N–H and O–H groups in total. The monoisotopic (exact) mass is 310 g/mol. The SMILES string of the molecule is CN1CCC[C@H]1Cc1c[nH]c2cccc(OP(=O)(O)O)c12. The van der Waals surface area contributed by atoms with Crippen LogP contribution in [0, 0.1) is 0 Å². The van der Waals surface area contributed by atoms with Crippen LogP contribution in [0.15, 0.2) is 24.4 Å². The number of nitrogens with zero attached hydrogens (tertiary/aromatic N) is 1. The van der Waals surface area contributed by atoms with Crippen molar-refractivity contribution in [3.05, 3.63) is 30.0 Å². The largest absolute Gasteiger partial charge is 0.524 e. The third kappa shape index (κ3) is 3.14. The first kappa shape index (κ1) is 14.6.